The average molecular weight is 529 g/mol. The molecule has 1 unspecified atom stereocenters. The van der Waals surface area contributed by atoms with Gasteiger partial charge >= 0.3 is 0 Å². The number of fused-ring (bicyclic) bond motifs is 2. The van der Waals surface area contributed by atoms with Crippen LogP contribution in [-0.2, 0) is 18.5 Å². The summed E-state index contributed by atoms with van der Waals surface area (Å²) in [7, 11) is 5.94. The zero-order chi connectivity index (χ0) is 28.7. The van der Waals surface area contributed by atoms with Crippen LogP contribution in [0.4, 0.5) is 11.6 Å². The molecule has 1 aromatic carbocycles. The van der Waals surface area contributed by atoms with Crippen molar-refractivity contribution in [2.45, 2.75) is 57.6 Å². The Kier molecular flexibility index (Phi) is 6.96. The Bertz CT molecular complexity index is 1470. The number of rotatable bonds is 9. The van der Waals surface area contributed by atoms with Gasteiger partial charge in [0.25, 0.3) is 5.91 Å². The zero-order valence-corrected chi connectivity index (χ0v) is 23.4. The first-order chi connectivity index (χ1) is 19.1. The Balaban J connectivity index is 1.62. The van der Waals surface area contributed by atoms with Crippen molar-refractivity contribution in [1.82, 2.24) is 24.3 Å². The number of carbonyl (C=O) groups is 1. The summed E-state index contributed by atoms with van der Waals surface area (Å²) >= 11 is 0. The Hall–Kier alpha value is -3.90. The number of carbonyl (C=O) groups excluding carboxylic acids is 1. The Labute approximate surface area is 232 Å². The maximum Gasteiger partial charge on any atom is 0.254 e. The van der Waals surface area contributed by atoms with E-state index in [0.717, 1.165) is 42.9 Å². The minimum Gasteiger partial charge on any atom is -0.505 e. The number of aromatic nitrogens is 3. The topological polar surface area (TPSA) is 79.9 Å². The molecule has 9 heteroatoms. The second kappa shape index (κ2) is 10.7. The van der Waals surface area contributed by atoms with Gasteiger partial charge in [-0.25, -0.2) is 9.83 Å². The van der Waals surface area contributed by atoms with E-state index in [1.165, 1.54) is 11.8 Å². The molecule has 2 aromatic heterocycles. The number of hydrogen-bond donors (Lipinski definition) is 1. The molecule has 1 aliphatic carbocycles. The molecule has 3 heterocycles. The summed E-state index contributed by atoms with van der Waals surface area (Å²) in [6, 6.07) is 4.44. The van der Waals surface area contributed by atoms with Gasteiger partial charge in [-0.3, -0.25) is 9.78 Å². The summed E-state index contributed by atoms with van der Waals surface area (Å²) in [6.07, 6.45) is 8.16. The number of hydrogen-bond acceptors (Lipinski definition) is 6. The number of anilines is 1. The van der Waals surface area contributed by atoms with Crippen molar-refractivity contribution >= 4 is 17.5 Å². The molecular formula is C30H37N7O2. The van der Waals surface area contributed by atoms with Crippen molar-refractivity contribution in [3.05, 3.63) is 76.2 Å². The first-order valence-electron chi connectivity index (χ1n) is 14.0. The molecule has 1 aliphatic heterocycles. The SMILES string of the molecule is [2H]C(C)(c1cc(OCC)c([N+]#[C-])cn1)N1CC2(CCC2)c2c(CN(C)C)cc(Cn3ccnc3NC)cc2C1=O. The number of nitrogens with one attached hydrogen (secondary N) is 1. The van der Waals surface area contributed by atoms with E-state index in [0.29, 0.717) is 42.4 Å². The molecule has 9 nitrogen and oxygen atoms in total. The lowest BCUT2D eigenvalue weighted by Crippen LogP contribution is -2.54. The third kappa shape index (κ3) is 4.85. The fourth-order valence-electron chi connectivity index (χ4n) is 5.98. The van der Waals surface area contributed by atoms with Gasteiger partial charge in [-0.15, -0.1) is 0 Å². The maximum absolute atomic E-state index is 14.4. The third-order valence-corrected chi connectivity index (χ3v) is 7.88. The maximum atomic E-state index is 14.4. The fourth-order valence-corrected chi connectivity index (χ4v) is 5.98. The molecule has 0 radical (unpaired) electrons. The van der Waals surface area contributed by atoms with Gasteiger partial charge in [0, 0.05) is 49.7 Å². The van der Waals surface area contributed by atoms with Crippen LogP contribution in [0.3, 0.4) is 0 Å². The summed E-state index contributed by atoms with van der Waals surface area (Å²) in [5.41, 5.74) is 4.48. The molecule has 1 atom stereocenters. The quantitative estimate of drug-likeness (QED) is 0.393. The highest BCUT2D eigenvalue weighted by Crippen LogP contribution is 2.51. The van der Waals surface area contributed by atoms with E-state index in [4.69, 9.17) is 11.3 Å². The van der Waals surface area contributed by atoms with E-state index < -0.39 is 6.02 Å². The van der Waals surface area contributed by atoms with Gasteiger partial charge in [0.15, 0.2) is 0 Å². The van der Waals surface area contributed by atoms with Crippen LogP contribution in [0.2, 0.25) is 0 Å². The molecule has 204 valence electrons. The van der Waals surface area contributed by atoms with Crippen molar-refractivity contribution in [2.75, 3.05) is 39.6 Å². The van der Waals surface area contributed by atoms with Crippen molar-refractivity contribution < 1.29 is 10.9 Å². The number of nitrogens with zero attached hydrogens (tertiary/aromatic N) is 6. The minimum absolute atomic E-state index is 0.166. The van der Waals surface area contributed by atoms with Gasteiger partial charge in [-0.05, 0) is 69.6 Å². The van der Waals surface area contributed by atoms with Gasteiger partial charge in [0.1, 0.15) is 5.75 Å². The largest absolute Gasteiger partial charge is 0.505 e. The van der Waals surface area contributed by atoms with Crippen LogP contribution in [0.15, 0.2) is 36.8 Å². The molecule has 1 N–H and O–H groups in total. The highest BCUT2D eigenvalue weighted by Gasteiger charge is 2.49. The molecule has 2 aliphatic rings. The highest BCUT2D eigenvalue weighted by molar-refractivity contribution is 5.98. The lowest BCUT2D eigenvalue weighted by Gasteiger charge is -2.52. The smallest absolute Gasteiger partial charge is 0.254 e. The second-order valence-electron chi connectivity index (χ2n) is 10.7. The van der Waals surface area contributed by atoms with Gasteiger partial charge in [-0.2, -0.15) is 0 Å². The van der Waals surface area contributed by atoms with Gasteiger partial charge < -0.3 is 24.4 Å². The number of imidazole rings is 1. The van der Waals surface area contributed by atoms with Gasteiger partial charge in [0.05, 0.1) is 32.8 Å². The first-order valence-corrected chi connectivity index (χ1v) is 13.5. The van der Waals surface area contributed by atoms with E-state index >= 15 is 0 Å². The lowest BCUT2D eigenvalue weighted by molar-refractivity contribution is 0.0482. The van der Waals surface area contributed by atoms with Crippen LogP contribution in [0.5, 0.6) is 5.75 Å². The molecule has 5 rings (SSSR count). The van der Waals surface area contributed by atoms with Crippen LogP contribution >= 0.6 is 0 Å². The van der Waals surface area contributed by atoms with Crippen molar-refractivity contribution in [1.29, 1.82) is 0 Å². The van der Waals surface area contributed by atoms with Gasteiger partial charge in [-0.1, -0.05) is 12.5 Å². The van der Waals surface area contributed by atoms with Gasteiger partial charge in [0.2, 0.25) is 11.6 Å². The van der Waals surface area contributed by atoms with Crippen molar-refractivity contribution in [3.63, 3.8) is 0 Å². The molecule has 39 heavy (non-hydrogen) atoms. The summed E-state index contributed by atoms with van der Waals surface area (Å²) in [6.45, 7) is 13.2. The Morgan fingerprint density at radius 2 is 2.10 bits per heavy atom. The number of amides is 1. The molecule has 0 bridgehead atoms. The lowest BCUT2D eigenvalue weighted by atomic mass is 9.60. The van der Waals surface area contributed by atoms with E-state index in [9.17, 15) is 6.17 Å². The average Bonchev–Trinajstić information content (AvgIpc) is 3.35. The summed E-state index contributed by atoms with van der Waals surface area (Å²) in [5.74, 6) is 0.980. The Morgan fingerprint density at radius 1 is 1.31 bits per heavy atom. The van der Waals surface area contributed by atoms with Crippen LogP contribution in [-0.4, -0.2) is 64.5 Å². The number of benzene rings is 1. The predicted molar refractivity (Wildman–Crippen MR) is 151 cm³/mol. The Morgan fingerprint density at radius 3 is 2.74 bits per heavy atom. The second-order valence-corrected chi connectivity index (χ2v) is 10.7. The van der Waals surface area contributed by atoms with E-state index in [-0.39, 0.29) is 11.3 Å². The zero-order valence-electron chi connectivity index (χ0n) is 24.4. The van der Waals surface area contributed by atoms with Crippen molar-refractivity contribution in [3.8, 4) is 5.75 Å². The summed E-state index contributed by atoms with van der Waals surface area (Å²) in [4.78, 5) is 30.5. The van der Waals surface area contributed by atoms with Crippen LogP contribution in [0.1, 0.15) is 73.2 Å². The molecule has 0 saturated heterocycles. The minimum atomic E-state index is -1.45. The first kappa shape index (κ1) is 25.4. The molecule has 3 aromatic rings. The van der Waals surface area contributed by atoms with E-state index in [1.54, 1.807) is 24.1 Å². The van der Waals surface area contributed by atoms with E-state index in [1.807, 2.05) is 44.9 Å². The predicted octanol–water partition coefficient (Wildman–Crippen LogP) is 5.02. The molecule has 1 amide bonds. The highest BCUT2D eigenvalue weighted by atomic mass is 16.5. The normalized spacial score (nSPS) is 17.7. The van der Waals surface area contributed by atoms with E-state index in [2.05, 4.69) is 31.1 Å². The summed E-state index contributed by atoms with van der Waals surface area (Å²) < 4.78 is 17.2. The third-order valence-electron chi connectivity index (χ3n) is 7.88. The molecule has 1 saturated carbocycles. The van der Waals surface area contributed by atoms with Crippen molar-refractivity contribution in [2.24, 2.45) is 0 Å². The standard InChI is InChI=1S/C30H37N7O2/c1-7-39-26-15-24(34-16-25(26)31-3)20(2)37-19-30(9-8-10-30)27-22(18-35(5)6)13-21(14-23(27)28(37)38)17-36-12-11-33-29(36)32-4/h11-16,20H,7-10,17-19H2,1-2,4-6H3,(H,32,33)/i20D. The number of pyridine rings is 1. The van der Waals surface area contributed by atoms with Crippen LogP contribution in [0.25, 0.3) is 4.85 Å². The molecule has 1 fully saturated rings. The summed E-state index contributed by atoms with van der Waals surface area (Å²) in [5, 5.41) is 3.12. The molecular weight excluding hydrogens is 490 g/mol. The molecule has 1 spiro atoms. The number of ether oxygens (including phenoxy) is 1. The monoisotopic (exact) mass is 528 g/mol. The van der Waals surface area contributed by atoms with Crippen LogP contribution < -0.4 is 10.1 Å². The fraction of sp³-hybridized carbons (Fsp3) is 0.467. The van der Waals surface area contributed by atoms with Crippen LogP contribution in [0, 0.1) is 6.57 Å².